The number of rotatable bonds is 6. The van der Waals surface area contributed by atoms with Crippen molar-refractivity contribution in [2.24, 2.45) is 46.3 Å². The number of nitrogens with one attached hydrogen (secondary N) is 1. The molecular formula is C27H45NO7. The summed E-state index contributed by atoms with van der Waals surface area (Å²) in [6.07, 6.45) is 2.49. The van der Waals surface area contributed by atoms with Gasteiger partial charge in [0, 0.05) is 6.42 Å². The lowest BCUT2D eigenvalue weighted by Gasteiger charge is -2.64. The lowest BCUT2D eigenvalue weighted by Crippen LogP contribution is -2.65. The Morgan fingerprint density at radius 1 is 0.914 bits per heavy atom. The first-order chi connectivity index (χ1) is 16.3. The highest BCUT2D eigenvalue weighted by molar-refractivity contribution is 5.83. The normalized spacial score (nSPS) is 48.7. The number of aliphatic hydroxyl groups excluding tert-OH is 4. The van der Waals surface area contributed by atoms with E-state index < -0.39 is 41.8 Å². The highest BCUT2D eigenvalue weighted by atomic mass is 16.4. The van der Waals surface area contributed by atoms with Crippen molar-refractivity contribution in [1.29, 1.82) is 0 Å². The number of hydrogen-bond acceptors (Lipinski definition) is 6. The lowest BCUT2D eigenvalue weighted by atomic mass is 9.42. The van der Waals surface area contributed by atoms with Gasteiger partial charge in [-0.05, 0) is 98.2 Å². The summed E-state index contributed by atoms with van der Waals surface area (Å²) in [4.78, 5) is 23.3. The zero-order valence-corrected chi connectivity index (χ0v) is 21.6. The summed E-state index contributed by atoms with van der Waals surface area (Å²) in [5, 5.41) is 55.9. The Hall–Kier alpha value is -1.22. The molecule has 0 bridgehead atoms. The molecule has 4 rings (SSSR count). The summed E-state index contributed by atoms with van der Waals surface area (Å²) in [6, 6.07) is -0.919. The van der Waals surface area contributed by atoms with Gasteiger partial charge in [-0.3, -0.25) is 9.59 Å². The molecular weight excluding hydrogens is 450 g/mol. The van der Waals surface area contributed by atoms with Gasteiger partial charge in [-0.2, -0.15) is 0 Å². The van der Waals surface area contributed by atoms with Crippen LogP contribution < -0.4 is 5.32 Å². The number of carboxylic acid groups (broad SMARTS) is 1. The van der Waals surface area contributed by atoms with Crippen molar-refractivity contribution < 1.29 is 35.1 Å². The maximum Gasteiger partial charge on any atom is 0.325 e. The minimum atomic E-state index is -1.06. The monoisotopic (exact) mass is 495 g/mol. The molecule has 0 spiro atoms. The van der Waals surface area contributed by atoms with E-state index in [1.165, 1.54) is 6.92 Å². The van der Waals surface area contributed by atoms with E-state index >= 15 is 0 Å². The molecule has 0 aliphatic heterocycles. The molecule has 6 N–H and O–H groups in total. The van der Waals surface area contributed by atoms with E-state index in [0.29, 0.717) is 32.1 Å². The van der Waals surface area contributed by atoms with Gasteiger partial charge in [0.15, 0.2) is 0 Å². The third-order valence-electron chi connectivity index (χ3n) is 11.2. The molecule has 200 valence electrons. The molecule has 8 nitrogen and oxygen atoms in total. The van der Waals surface area contributed by atoms with Crippen molar-refractivity contribution in [3.63, 3.8) is 0 Å². The van der Waals surface area contributed by atoms with Crippen LogP contribution in [0.25, 0.3) is 0 Å². The summed E-state index contributed by atoms with van der Waals surface area (Å²) in [6.45, 7) is 7.83. The molecule has 35 heavy (non-hydrogen) atoms. The van der Waals surface area contributed by atoms with Crippen LogP contribution in [0.5, 0.6) is 0 Å². The second-order valence-corrected chi connectivity index (χ2v) is 12.7. The summed E-state index contributed by atoms with van der Waals surface area (Å²) >= 11 is 0. The molecule has 8 heteroatoms. The van der Waals surface area contributed by atoms with Gasteiger partial charge < -0.3 is 30.8 Å². The molecule has 0 radical (unpaired) electrons. The fourth-order valence-electron chi connectivity index (χ4n) is 9.14. The number of carbonyl (C=O) groups excluding carboxylic acids is 1. The Morgan fingerprint density at radius 2 is 1.57 bits per heavy atom. The van der Waals surface area contributed by atoms with E-state index in [-0.39, 0.29) is 53.3 Å². The summed E-state index contributed by atoms with van der Waals surface area (Å²) in [5.74, 6) is -0.780. The average Bonchev–Trinajstić information content (AvgIpc) is 3.13. The van der Waals surface area contributed by atoms with E-state index in [1.54, 1.807) is 0 Å². The van der Waals surface area contributed by atoms with E-state index in [4.69, 9.17) is 5.11 Å². The number of carboxylic acids is 1. The van der Waals surface area contributed by atoms with Crippen LogP contribution in [-0.4, -0.2) is 67.9 Å². The Morgan fingerprint density at radius 3 is 2.23 bits per heavy atom. The topological polar surface area (TPSA) is 147 Å². The van der Waals surface area contributed by atoms with Gasteiger partial charge in [-0.1, -0.05) is 20.8 Å². The van der Waals surface area contributed by atoms with Gasteiger partial charge in [-0.15, -0.1) is 0 Å². The predicted octanol–water partition coefficient (Wildman–Crippen LogP) is 1.92. The molecule has 0 saturated heterocycles. The first-order valence-corrected chi connectivity index (χ1v) is 13.6. The quantitative estimate of drug-likeness (QED) is 0.330. The molecule has 4 saturated carbocycles. The Balaban J connectivity index is 1.50. The standard InChI is InChI=1S/C27H45NO7/c1-13(5-8-23(33)28-14(2)25(34)35)17-6-7-18-24-19(12-22(32)27(17,18)4)26(3)15(10-20(24)30)9-16(29)11-21(26)31/h13-22,24,29-32H,5-12H2,1-4H3,(H,28,33)(H,34,35)/t13-,14?,15?,16?,17-,18+,19+,20?,21?,22?,24+,26+,27-/m1/s1. The molecule has 6 unspecified atom stereocenters. The number of fused-ring (bicyclic) bond motifs is 5. The maximum absolute atomic E-state index is 12.3. The number of hydrogen-bond donors (Lipinski definition) is 6. The molecule has 0 aromatic rings. The van der Waals surface area contributed by atoms with Gasteiger partial charge >= 0.3 is 5.97 Å². The molecule has 4 fully saturated rings. The Labute approximate surface area is 208 Å². The molecule has 1 amide bonds. The minimum absolute atomic E-state index is 0.00386. The zero-order chi connectivity index (χ0) is 25.9. The number of carbonyl (C=O) groups is 2. The predicted molar refractivity (Wildman–Crippen MR) is 129 cm³/mol. The first kappa shape index (κ1) is 26.8. The molecule has 0 heterocycles. The fraction of sp³-hybridized carbons (Fsp3) is 0.926. The van der Waals surface area contributed by atoms with Crippen LogP contribution in [0.1, 0.15) is 79.1 Å². The Kier molecular flexibility index (Phi) is 7.35. The van der Waals surface area contributed by atoms with E-state index in [0.717, 1.165) is 12.8 Å². The minimum Gasteiger partial charge on any atom is -0.480 e. The van der Waals surface area contributed by atoms with Crippen LogP contribution in [0.2, 0.25) is 0 Å². The van der Waals surface area contributed by atoms with Gasteiger partial charge in [-0.25, -0.2) is 0 Å². The van der Waals surface area contributed by atoms with Crippen LogP contribution in [-0.2, 0) is 9.59 Å². The molecule has 4 aliphatic rings. The van der Waals surface area contributed by atoms with Crippen LogP contribution >= 0.6 is 0 Å². The van der Waals surface area contributed by atoms with Crippen molar-refractivity contribution in [2.75, 3.05) is 0 Å². The Bertz CT molecular complexity index is 821. The third kappa shape index (κ3) is 4.32. The summed E-state index contributed by atoms with van der Waals surface area (Å²) in [5.41, 5.74) is -0.803. The van der Waals surface area contributed by atoms with Crippen LogP contribution in [0.15, 0.2) is 0 Å². The highest BCUT2D eigenvalue weighted by Crippen LogP contribution is 2.68. The van der Waals surface area contributed by atoms with Gasteiger partial charge in [0.2, 0.25) is 5.91 Å². The van der Waals surface area contributed by atoms with Gasteiger partial charge in [0.05, 0.1) is 24.4 Å². The average molecular weight is 496 g/mol. The SMILES string of the molecule is CC(NC(=O)CC[C@@H](C)[C@H]1CC[C@H]2[C@@H]3C(O)CC4CC(O)CC(O)[C@]4(C)[C@H]3CC(O)[C@]12C)C(=O)O. The van der Waals surface area contributed by atoms with E-state index in [1.807, 2.05) is 0 Å². The molecule has 0 aromatic heterocycles. The first-order valence-electron chi connectivity index (χ1n) is 13.6. The smallest absolute Gasteiger partial charge is 0.325 e. The number of aliphatic hydroxyl groups is 4. The lowest BCUT2D eigenvalue weighted by molar-refractivity contribution is -0.234. The van der Waals surface area contributed by atoms with Crippen molar-refractivity contribution in [1.82, 2.24) is 5.32 Å². The number of amides is 1. The zero-order valence-electron chi connectivity index (χ0n) is 21.6. The number of aliphatic carboxylic acids is 1. The van der Waals surface area contributed by atoms with Crippen LogP contribution in [0, 0.1) is 46.3 Å². The summed E-state index contributed by atoms with van der Waals surface area (Å²) < 4.78 is 0. The van der Waals surface area contributed by atoms with Crippen molar-refractivity contribution in [3.8, 4) is 0 Å². The van der Waals surface area contributed by atoms with Crippen LogP contribution in [0.3, 0.4) is 0 Å². The molecule has 0 aromatic carbocycles. The fourth-order valence-corrected chi connectivity index (χ4v) is 9.14. The summed E-state index contributed by atoms with van der Waals surface area (Å²) in [7, 11) is 0. The maximum atomic E-state index is 12.3. The molecule has 4 aliphatic carbocycles. The molecule has 13 atom stereocenters. The van der Waals surface area contributed by atoms with Crippen LogP contribution in [0.4, 0.5) is 0 Å². The second-order valence-electron chi connectivity index (χ2n) is 12.7. The highest BCUT2D eigenvalue weighted by Gasteiger charge is 2.67. The van der Waals surface area contributed by atoms with Crippen molar-refractivity contribution in [3.05, 3.63) is 0 Å². The largest absolute Gasteiger partial charge is 0.480 e. The van der Waals surface area contributed by atoms with E-state index in [2.05, 4.69) is 26.1 Å². The van der Waals surface area contributed by atoms with Crippen molar-refractivity contribution in [2.45, 2.75) is 110 Å². The van der Waals surface area contributed by atoms with E-state index in [9.17, 15) is 30.0 Å². The van der Waals surface area contributed by atoms with Gasteiger partial charge in [0.1, 0.15) is 6.04 Å². The third-order valence-corrected chi connectivity index (χ3v) is 11.2. The van der Waals surface area contributed by atoms with Gasteiger partial charge in [0.25, 0.3) is 0 Å². The second kappa shape index (κ2) is 9.58. The van der Waals surface area contributed by atoms with Crippen molar-refractivity contribution >= 4 is 11.9 Å².